The zero-order valence-electron chi connectivity index (χ0n) is 24.1. The molecule has 0 saturated carbocycles. The molecule has 0 aliphatic heterocycles. The van der Waals surface area contributed by atoms with Gasteiger partial charge in [-0.25, -0.2) is 19.2 Å². The molecule has 3 aromatic rings. The Morgan fingerprint density at radius 3 is 1.66 bits per heavy atom. The average Bonchev–Trinajstić information content (AvgIpc) is 2.99. The van der Waals surface area contributed by atoms with Gasteiger partial charge in [-0.3, -0.25) is 0 Å². The van der Waals surface area contributed by atoms with Gasteiger partial charge < -0.3 is 35.8 Å². The number of nitrogens with two attached hydrogens (primary N) is 1. The third-order valence-electron chi connectivity index (χ3n) is 5.71. The zero-order chi connectivity index (χ0) is 33.0. The Kier molecular flexibility index (Phi) is 12.8. The third-order valence-corrected chi connectivity index (χ3v) is 6.03. The molecule has 3 aromatic carbocycles. The molecule has 0 aromatic heterocycles. The van der Waals surface area contributed by atoms with Crippen LogP contribution in [-0.2, 0) is 19.1 Å². The number of ether oxygens (including phenoxy) is 2. The molecule has 0 spiro atoms. The van der Waals surface area contributed by atoms with E-state index in [2.05, 4.69) is 5.32 Å². The largest absolute Gasteiger partial charge is 0.478 e. The van der Waals surface area contributed by atoms with Crippen molar-refractivity contribution in [3.05, 3.63) is 100 Å². The number of esters is 2. The smallest absolute Gasteiger partial charge is 0.349 e. The Balaban J connectivity index is 0.000000329. The summed E-state index contributed by atoms with van der Waals surface area (Å²) in [7, 11) is 0. The van der Waals surface area contributed by atoms with Gasteiger partial charge >= 0.3 is 23.9 Å². The van der Waals surface area contributed by atoms with Crippen molar-refractivity contribution in [2.45, 2.75) is 44.6 Å². The van der Waals surface area contributed by atoms with Gasteiger partial charge in [-0.2, -0.15) is 5.26 Å². The van der Waals surface area contributed by atoms with Crippen molar-refractivity contribution in [1.29, 1.82) is 5.26 Å². The van der Waals surface area contributed by atoms with Crippen molar-refractivity contribution in [2.75, 3.05) is 12.3 Å². The highest BCUT2D eigenvalue weighted by atomic mass is 35.5. The van der Waals surface area contributed by atoms with Crippen molar-refractivity contribution in [2.24, 2.45) is 0 Å². The molecule has 0 fully saturated rings. The van der Waals surface area contributed by atoms with E-state index in [9.17, 15) is 34.5 Å². The molecule has 0 saturated heterocycles. The van der Waals surface area contributed by atoms with Gasteiger partial charge in [-0.15, -0.1) is 0 Å². The number of aliphatic carboxylic acids is 2. The van der Waals surface area contributed by atoms with E-state index in [4.69, 9.17) is 32.1 Å². The summed E-state index contributed by atoms with van der Waals surface area (Å²) in [5.74, 6) is -5.63. The lowest BCUT2D eigenvalue weighted by Gasteiger charge is -2.28. The third kappa shape index (κ3) is 10.4. The quantitative estimate of drug-likeness (QED) is 0.161. The highest BCUT2D eigenvalue weighted by Gasteiger charge is 2.41. The summed E-state index contributed by atoms with van der Waals surface area (Å²) in [6.07, 6.45) is -4.43. The van der Waals surface area contributed by atoms with Crippen LogP contribution < -0.4 is 11.1 Å². The van der Waals surface area contributed by atoms with Crippen molar-refractivity contribution < 1.29 is 44.0 Å². The molecule has 3 rings (SSSR count). The maximum absolute atomic E-state index is 12.0. The number of hydrogen-bond donors (Lipinski definition) is 5. The molecule has 3 atom stereocenters. The number of nitrogens with one attached hydrogen (secondary N) is 1. The van der Waals surface area contributed by atoms with E-state index in [0.29, 0.717) is 10.6 Å². The number of rotatable bonds is 10. The summed E-state index contributed by atoms with van der Waals surface area (Å²) in [4.78, 5) is 46.8. The van der Waals surface area contributed by atoms with Gasteiger partial charge in [0.05, 0.1) is 40.0 Å². The summed E-state index contributed by atoms with van der Waals surface area (Å²) in [6, 6.07) is 19.9. The predicted octanol–water partition coefficient (Wildman–Crippen LogP) is 3.82. The number of nitrogens with zero attached hydrogens (tertiary/aromatic N) is 1. The predicted molar refractivity (Wildman–Crippen MR) is 160 cm³/mol. The van der Waals surface area contributed by atoms with Crippen LogP contribution in [0.15, 0.2) is 72.8 Å². The Morgan fingerprint density at radius 1 is 0.886 bits per heavy atom. The molecule has 6 N–H and O–H groups in total. The Bertz CT molecular complexity index is 1430. The average molecular weight is 626 g/mol. The molecule has 0 bridgehead atoms. The molecular formula is C31H32ClN3O9. The number of carboxylic acids is 2. The minimum absolute atomic E-state index is 0.0253. The van der Waals surface area contributed by atoms with E-state index in [1.54, 1.807) is 24.3 Å². The Hall–Kier alpha value is -4.96. The van der Waals surface area contributed by atoms with Gasteiger partial charge in [-0.05, 0) is 62.7 Å². The summed E-state index contributed by atoms with van der Waals surface area (Å²) in [5.41, 5.74) is 6.94. The number of carbonyl (C=O) groups is 4. The highest BCUT2D eigenvalue weighted by Crippen LogP contribution is 2.28. The zero-order valence-corrected chi connectivity index (χ0v) is 24.8. The molecule has 13 heteroatoms. The maximum atomic E-state index is 12.0. The Morgan fingerprint density at radius 2 is 1.32 bits per heavy atom. The number of aliphatic hydroxyl groups excluding tert-OH is 1. The summed E-state index contributed by atoms with van der Waals surface area (Å²) < 4.78 is 9.52. The molecule has 0 amide bonds. The molecule has 0 heterocycles. The van der Waals surface area contributed by atoms with E-state index in [0.717, 1.165) is 5.56 Å². The van der Waals surface area contributed by atoms with Gasteiger partial charge in [0.15, 0.2) is 0 Å². The fourth-order valence-electron chi connectivity index (χ4n) is 3.69. The molecule has 0 aliphatic rings. The van der Waals surface area contributed by atoms with Gasteiger partial charge in [0.1, 0.15) is 6.07 Å². The number of nitriles is 1. The number of carbonyl (C=O) groups excluding carboxylic acids is 2. The number of carboxylic acid groups (broad SMARTS) is 2. The van der Waals surface area contributed by atoms with Gasteiger partial charge in [-0.1, -0.05) is 48.0 Å². The van der Waals surface area contributed by atoms with Crippen molar-refractivity contribution >= 4 is 41.2 Å². The van der Waals surface area contributed by atoms with E-state index in [1.807, 2.05) is 26.8 Å². The first-order valence-electron chi connectivity index (χ1n) is 13.0. The minimum Gasteiger partial charge on any atom is -0.478 e. The van der Waals surface area contributed by atoms with Crippen LogP contribution in [0, 0.1) is 11.3 Å². The highest BCUT2D eigenvalue weighted by molar-refractivity contribution is 6.33. The van der Waals surface area contributed by atoms with Gasteiger partial charge in [0, 0.05) is 5.54 Å². The number of hydrogen-bond acceptors (Lipinski definition) is 10. The van der Waals surface area contributed by atoms with Crippen LogP contribution >= 0.6 is 11.6 Å². The topological polar surface area (TPSA) is 209 Å². The van der Waals surface area contributed by atoms with Crippen LogP contribution in [0.1, 0.15) is 58.7 Å². The van der Waals surface area contributed by atoms with E-state index in [1.165, 1.54) is 48.5 Å². The van der Waals surface area contributed by atoms with E-state index in [-0.39, 0.29) is 35.0 Å². The first-order chi connectivity index (χ1) is 20.7. The standard InChI is InChI=1S/C18H14O8.C13H18ClN3O/c19-15(20)13(25-17(23)11-7-3-1-4-8-11)14(16(21)22)26-18(24)12-9-5-2-6-10-12;1-13(2,3)17-11(7-18)8-4-9(6-15)12(16)10(14)5-8/h1-10,13-14H,(H,19,20)(H,21,22);4-5,11,17-18H,7,16H2,1-3H3/t13-,14-;/m1./s1. The second-order valence-electron chi connectivity index (χ2n) is 10.3. The minimum atomic E-state index is -2.21. The fraction of sp³-hybridized carbons (Fsp3) is 0.258. The summed E-state index contributed by atoms with van der Waals surface area (Å²) in [5, 5.41) is 40.5. The van der Waals surface area contributed by atoms with Crippen molar-refractivity contribution in [3.63, 3.8) is 0 Å². The second-order valence-corrected chi connectivity index (χ2v) is 10.7. The molecular weight excluding hydrogens is 594 g/mol. The van der Waals surface area contributed by atoms with Crippen molar-refractivity contribution in [3.8, 4) is 6.07 Å². The van der Waals surface area contributed by atoms with Crippen LogP contribution in [0.2, 0.25) is 5.02 Å². The van der Waals surface area contributed by atoms with Crippen LogP contribution in [0.5, 0.6) is 0 Å². The number of anilines is 1. The molecule has 232 valence electrons. The van der Waals surface area contributed by atoms with E-state index < -0.39 is 36.1 Å². The van der Waals surface area contributed by atoms with Crippen molar-refractivity contribution in [1.82, 2.24) is 5.32 Å². The lowest BCUT2D eigenvalue weighted by Crippen LogP contribution is -2.45. The SMILES string of the molecule is CC(C)(C)NC(CO)c1cc(Cl)c(N)c(C#N)c1.O=C(O[C@@H](C(=O)O)[C@@H](OC(=O)c1ccccc1)C(=O)O)c1ccccc1. The molecule has 0 aliphatic carbocycles. The maximum Gasteiger partial charge on any atom is 0.349 e. The summed E-state index contributed by atoms with van der Waals surface area (Å²) >= 11 is 5.98. The molecule has 44 heavy (non-hydrogen) atoms. The van der Waals surface area contributed by atoms with Gasteiger partial charge in [0.25, 0.3) is 0 Å². The number of nitrogen functional groups attached to an aromatic ring is 1. The first kappa shape index (κ1) is 35.2. The fourth-order valence-corrected chi connectivity index (χ4v) is 3.92. The van der Waals surface area contributed by atoms with Crippen LogP contribution in [0.25, 0.3) is 0 Å². The number of halogens is 1. The normalized spacial score (nSPS) is 12.7. The van der Waals surface area contributed by atoms with Crippen LogP contribution in [0.4, 0.5) is 5.69 Å². The Labute approximate surface area is 258 Å². The molecule has 1 unspecified atom stereocenters. The van der Waals surface area contributed by atoms with Crippen LogP contribution in [0.3, 0.4) is 0 Å². The number of benzene rings is 3. The summed E-state index contributed by atoms with van der Waals surface area (Å²) in [6.45, 7) is 5.92. The lowest BCUT2D eigenvalue weighted by atomic mass is 10.00. The molecule has 12 nitrogen and oxygen atoms in total. The second kappa shape index (κ2) is 16.0. The van der Waals surface area contributed by atoms with E-state index >= 15 is 0 Å². The first-order valence-corrected chi connectivity index (χ1v) is 13.4. The lowest BCUT2D eigenvalue weighted by molar-refractivity contribution is -0.166. The van der Waals surface area contributed by atoms with Crippen LogP contribution in [-0.4, -0.2) is 63.6 Å². The monoisotopic (exact) mass is 625 g/mol. The van der Waals surface area contributed by atoms with Gasteiger partial charge in [0.2, 0.25) is 12.2 Å². The number of aliphatic hydroxyl groups is 1. The molecule has 0 radical (unpaired) electrons.